The number of benzene rings is 1. The minimum atomic E-state index is 0.632. The first-order valence-corrected chi connectivity index (χ1v) is 5.95. The molecule has 0 radical (unpaired) electrons. The molecule has 0 unspecified atom stereocenters. The molecule has 2 aromatic rings. The van der Waals surface area contributed by atoms with Crippen LogP contribution in [0.15, 0.2) is 30.5 Å². The quantitative estimate of drug-likeness (QED) is 0.886. The van der Waals surface area contributed by atoms with Gasteiger partial charge in [-0.25, -0.2) is 4.98 Å². The van der Waals surface area contributed by atoms with Crippen molar-refractivity contribution in [3.63, 3.8) is 0 Å². The molecule has 0 amide bonds. The van der Waals surface area contributed by atoms with Gasteiger partial charge in [0.25, 0.3) is 0 Å². The van der Waals surface area contributed by atoms with Crippen LogP contribution in [0, 0.1) is 6.92 Å². The number of nitrogens with two attached hydrogens (primary N) is 1. The van der Waals surface area contributed by atoms with E-state index >= 15 is 0 Å². The molecule has 0 spiro atoms. The van der Waals surface area contributed by atoms with Crippen molar-refractivity contribution in [1.29, 1.82) is 0 Å². The van der Waals surface area contributed by atoms with Crippen molar-refractivity contribution < 1.29 is 0 Å². The highest BCUT2D eigenvalue weighted by atomic mass is 32.1. The number of thiazole rings is 1. The first-order chi connectivity index (χ1) is 7.65. The Hall–Kier alpha value is -1.55. The second-order valence-electron chi connectivity index (χ2n) is 3.86. The van der Waals surface area contributed by atoms with Gasteiger partial charge in [-0.15, -0.1) is 11.3 Å². The molecule has 0 aliphatic heterocycles. The van der Waals surface area contributed by atoms with Crippen LogP contribution in [0.1, 0.15) is 10.4 Å². The minimum Gasteiger partial charge on any atom is -0.375 e. The number of hydrogen-bond acceptors (Lipinski definition) is 4. The Balaban J connectivity index is 2.11. The molecular weight excluding hydrogens is 218 g/mol. The van der Waals surface area contributed by atoms with E-state index < -0.39 is 0 Å². The van der Waals surface area contributed by atoms with Gasteiger partial charge in [0.05, 0.1) is 6.54 Å². The van der Waals surface area contributed by atoms with Gasteiger partial charge < -0.3 is 10.6 Å². The smallest absolute Gasteiger partial charge is 0.180 e. The average molecular weight is 233 g/mol. The van der Waals surface area contributed by atoms with Crippen molar-refractivity contribution in [2.45, 2.75) is 13.5 Å². The highest BCUT2D eigenvalue weighted by Gasteiger charge is 2.04. The third kappa shape index (κ3) is 2.52. The Morgan fingerprint density at radius 3 is 2.88 bits per heavy atom. The first kappa shape index (κ1) is 11.0. The van der Waals surface area contributed by atoms with Crippen molar-refractivity contribution in [3.05, 3.63) is 40.9 Å². The second-order valence-corrected chi connectivity index (χ2v) is 5.01. The van der Waals surface area contributed by atoms with E-state index in [9.17, 15) is 0 Å². The molecule has 84 valence electrons. The number of aromatic nitrogens is 1. The summed E-state index contributed by atoms with van der Waals surface area (Å²) in [5.74, 6) is 0. The molecule has 1 heterocycles. The molecule has 1 aromatic carbocycles. The van der Waals surface area contributed by atoms with Crippen LogP contribution in [0.4, 0.5) is 10.8 Å². The van der Waals surface area contributed by atoms with Gasteiger partial charge in [-0.05, 0) is 24.6 Å². The third-order valence-electron chi connectivity index (χ3n) is 2.41. The van der Waals surface area contributed by atoms with Crippen LogP contribution in [0.2, 0.25) is 0 Å². The molecule has 3 nitrogen and oxygen atoms in total. The molecule has 16 heavy (non-hydrogen) atoms. The predicted molar refractivity (Wildman–Crippen MR) is 69.8 cm³/mol. The van der Waals surface area contributed by atoms with Crippen LogP contribution in [0.25, 0.3) is 0 Å². The number of rotatable bonds is 3. The number of anilines is 2. The maximum Gasteiger partial charge on any atom is 0.180 e. The van der Waals surface area contributed by atoms with Gasteiger partial charge in [0.1, 0.15) is 0 Å². The fraction of sp³-hybridized carbons (Fsp3) is 0.250. The molecule has 0 aliphatic carbocycles. The Morgan fingerprint density at radius 2 is 2.25 bits per heavy atom. The lowest BCUT2D eigenvalue weighted by molar-refractivity contribution is 0.936. The molecule has 2 rings (SSSR count). The third-order valence-corrected chi connectivity index (χ3v) is 3.22. The maximum absolute atomic E-state index is 5.61. The highest BCUT2D eigenvalue weighted by molar-refractivity contribution is 7.15. The van der Waals surface area contributed by atoms with Crippen molar-refractivity contribution in [2.75, 3.05) is 17.7 Å². The van der Waals surface area contributed by atoms with Gasteiger partial charge in [-0.1, -0.05) is 12.1 Å². The summed E-state index contributed by atoms with van der Waals surface area (Å²) in [4.78, 5) is 7.43. The molecule has 4 heteroatoms. The summed E-state index contributed by atoms with van der Waals surface area (Å²) in [6, 6.07) is 8.45. The van der Waals surface area contributed by atoms with Gasteiger partial charge in [0.15, 0.2) is 5.13 Å². The van der Waals surface area contributed by atoms with Gasteiger partial charge in [0, 0.05) is 23.8 Å². The zero-order chi connectivity index (χ0) is 11.5. The summed E-state index contributed by atoms with van der Waals surface area (Å²) in [7, 11) is 2.07. The molecule has 0 saturated heterocycles. The van der Waals surface area contributed by atoms with E-state index in [2.05, 4.69) is 48.1 Å². The molecule has 0 fully saturated rings. The fourth-order valence-corrected chi connectivity index (χ4v) is 2.32. The van der Waals surface area contributed by atoms with Crippen LogP contribution in [-0.2, 0) is 6.54 Å². The minimum absolute atomic E-state index is 0.632. The largest absolute Gasteiger partial charge is 0.375 e. The number of nitrogen functional groups attached to an aromatic ring is 1. The molecule has 2 N–H and O–H groups in total. The lowest BCUT2D eigenvalue weighted by atomic mass is 10.2. The molecule has 0 atom stereocenters. The standard InChI is InChI=1S/C12H15N3S/c1-9-4-3-5-10(6-9)15(2)8-11-7-14-12(13)16-11/h3-7H,8H2,1-2H3,(H2,13,14). The van der Waals surface area contributed by atoms with E-state index in [0.717, 1.165) is 6.54 Å². The molecular formula is C12H15N3S. The van der Waals surface area contributed by atoms with Gasteiger partial charge >= 0.3 is 0 Å². The van der Waals surface area contributed by atoms with E-state index in [1.165, 1.54) is 27.5 Å². The SMILES string of the molecule is Cc1cccc(N(C)Cc2cnc(N)s2)c1. The van der Waals surface area contributed by atoms with E-state index in [1.807, 2.05) is 6.20 Å². The number of hydrogen-bond donors (Lipinski definition) is 1. The molecule has 0 bridgehead atoms. The topological polar surface area (TPSA) is 42.2 Å². The second kappa shape index (κ2) is 4.53. The van der Waals surface area contributed by atoms with Crippen LogP contribution in [0.5, 0.6) is 0 Å². The van der Waals surface area contributed by atoms with Crippen LogP contribution >= 0.6 is 11.3 Å². The lowest BCUT2D eigenvalue weighted by Gasteiger charge is -2.18. The molecule has 0 aliphatic rings. The Kier molecular flexibility index (Phi) is 3.10. The van der Waals surface area contributed by atoms with Crippen molar-refractivity contribution in [2.24, 2.45) is 0 Å². The fourth-order valence-electron chi connectivity index (χ4n) is 1.59. The average Bonchev–Trinajstić information content (AvgIpc) is 2.64. The zero-order valence-electron chi connectivity index (χ0n) is 9.47. The monoisotopic (exact) mass is 233 g/mol. The van der Waals surface area contributed by atoms with Crippen molar-refractivity contribution in [3.8, 4) is 0 Å². The van der Waals surface area contributed by atoms with Gasteiger partial charge in [-0.2, -0.15) is 0 Å². The summed E-state index contributed by atoms with van der Waals surface area (Å²) in [5.41, 5.74) is 8.09. The number of aryl methyl sites for hydroxylation is 1. The van der Waals surface area contributed by atoms with Crippen LogP contribution in [-0.4, -0.2) is 12.0 Å². The van der Waals surface area contributed by atoms with Gasteiger partial charge in [-0.3, -0.25) is 0 Å². The van der Waals surface area contributed by atoms with Crippen LogP contribution < -0.4 is 10.6 Å². The van der Waals surface area contributed by atoms with E-state index in [-0.39, 0.29) is 0 Å². The number of nitrogens with zero attached hydrogens (tertiary/aromatic N) is 2. The van der Waals surface area contributed by atoms with E-state index in [0.29, 0.717) is 5.13 Å². The predicted octanol–water partition coefficient (Wildman–Crippen LogP) is 2.67. The maximum atomic E-state index is 5.61. The highest BCUT2D eigenvalue weighted by Crippen LogP contribution is 2.20. The summed E-state index contributed by atoms with van der Waals surface area (Å²) in [5, 5.41) is 0.632. The molecule has 0 saturated carbocycles. The van der Waals surface area contributed by atoms with E-state index in [1.54, 1.807) is 0 Å². The zero-order valence-corrected chi connectivity index (χ0v) is 10.3. The Bertz CT molecular complexity index is 479. The summed E-state index contributed by atoms with van der Waals surface area (Å²) >= 11 is 1.54. The summed E-state index contributed by atoms with van der Waals surface area (Å²) < 4.78 is 0. The normalized spacial score (nSPS) is 10.4. The van der Waals surface area contributed by atoms with Crippen molar-refractivity contribution in [1.82, 2.24) is 4.98 Å². The lowest BCUT2D eigenvalue weighted by Crippen LogP contribution is -2.15. The Morgan fingerprint density at radius 1 is 1.44 bits per heavy atom. The summed E-state index contributed by atoms with van der Waals surface area (Å²) in [6.45, 7) is 2.94. The van der Waals surface area contributed by atoms with Gasteiger partial charge in [0.2, 0.25) is 0 Å². The summed E-state index contributed by atoms with van der Waals surface area (Å²) in [6.07, 6.45) is 1.84. The van der Waals surface area contributed by atoms with Crippen molar-refractivity contribution >= 4 is 22.2 Å². The molecule has 1 aromatic heterocycles. The van der Waals surface area contributed by atoms with E-state index in [4.69, 9.17) is 5.73 Å². The first-order valence-electron chi connectivity index (χ1n) is 5.13. The van der Waals surface area contributed by atoms with Crippen LogP contribution in [0.3, 0.4) is 0 Å². The Labute approximate surface area is 99.5 Å².